The van der Waals surface area contributed by atoms with Crippen molar-refractivity contribution in [3.63, 3.8) is 0 Å². The number of urea groups is 1. The summed E-state index contributed by atoms with van der Waals surface area (Å²) in [7, 11) is 2.16. The number of carbonyl (C=O) groups is 2. The van der Waals surface area contributed by atoms with Crippen LogP contribution < -0.4 is 10.6 Å². The van der Waals surface area contributed by atoms with Crippen LogP contribution >= 0.6 is 0 Å². The highest BCUT2D eigenvalue weighted by molar-refractivity contribution is 5.78. The van der Waals surface area contributed by atoms with Crippen LogP contribution in [0.2, 0.25) is 0 Å². The average molecular weight is 354 g/mol. The number of likely N-dealkylation sites (tertiary alicyclic amines) is 1. The molecule has 0 radical (unpaired) electrons. The van der Waals surface area contributed by atoms with Crippen LogP contribution in [0.15, 0.2) is 0 Å². The van der Waals surface area contributed by atoms with Gasteiger partial charge >= 0.3 is 6.03 Å². The first-order chi connectivity index (χ1) is 12.0. The molecule has 0 aromatic heterocycles. The lowest BCUT2D eigenvalue weighted by molar-refractivity contribution is -0.127. The first-order valence-electron chi connectivity index (χ1n) is 9.69. The summed E-state index contributed by atoms with van der Waals surface area (Å²) in [6.45, 7) is 11.6. The molecule has 7 nitrogen and oxygen atoms in total. The third-order valence-electron chi connectivity index (χ3n) is 5.31. The smallest absolute Gasteiger partial charge is 0.314 e. The SMILES string of the molecule is CC(C)C(CNC(=O)NCCCN1CCCC1=O)N1CCN(C)CC1. The van der Waals surface area contributed by atoms with Gasteiger partial charge in [0.2, 0.25) is 5.91 Å². The van der Waals surface area contributed by atoms with Gasteiger partial charge in [0, 0.05) is 64.8 Å². The maximum atomic E-state index is 12.0. The fraction of sp³-hybridized carbons (Fsp3) is 0.889. The highest BCUT2D eigenvalue weighted by Crippen LogP contribution is 2.13. The third-order valence-corrected chi connectivity index (χ3v) is 5.31. The summed E-state index contributed by atoms with van der Waals surface area (Å²) in [6, 6.07) is 0.272. The number of hydrogen-bond donors (Lipinski definition) is 2. The molecule has 25 heavy (non-hydrogen) atoms. The second kappa shape index (κ2) is 9.97. The number of hydrogen-bond acceptors (Lipinski definition) is 4. The Kier molecular flexibility index (Phi) is 7.96. The fourth-order valence-electron chi connectivity index (χ4n) is 3.61. The summed E-state index contributed by atoms with van der Waals surface area (Å²) in [5.74, 6) is 0.751. The molecule has 0 spiro atoms. The van der Waals surface area contributed by atoms with Crippen molar-refractivity contribution in [2.24, 2.45) is 5.92 Å². The number of carbonyl (C=O) groups excluding carboxylic acids is 2. The third kappa shape index (κ3) is 6.47. The van der Waals surface area contributed by atoms with E-state index in [1.54, 1.807) is 0 Å². The zero-order valence-corrected chi connectivity index (χ0v) is 16.1. The number of amides is 3. The molecule has 2 saturated heterocycles. The van der Waals surface area contributed by atoms with Crippen LogP contribution in [-0.4, -0.2) is 92.1 Å². The Morgan fingerprint density at radius 3 is 2.44 bits per heavy atom. The molecule has 2 heterocycles. The van der Waals surface area contributed by atoms with Crippen molar-refractivity contribution in [3.8, 4) is 0 Å². The van der Waals surface area contributed by atoms with Gasteiger partial charge in [-0.15, -0.1) is 0 Å². The molecule has 144 valence electrons. The lowest BCUT2D eigenvalue weighted by Gasteiger charge is -2.39. The predicted molar refractivity (Wildman–Crippen MR) is 99.5 cm³/mol. The van der Waals surface area contributed by atoms with Crippen LogP contribution in [0.25, 0.3) is 0 Å². The van der Waals surface area contributed by atoms with E-state index in [1.165, 1.54) is 0 Å². The van der Waals surface area contributed by atoms with Crippen molar-refractivity contribution >= 4 is 11.9 Å². The topological polar surface area (TPSA) is 67.9 Å². The highest BCUT2D eigenvalue weighted by atomic mass is 16.2. The van der Waals surface area contributed by atoms with E-state index in [0.717, 1.165) is 52.1 Å². The zero-order valence-electron chi connectivity index (χ0n) is 16.1. The lowest BCUT2D eigenvalue weighted by atomic mass is 10.0. The summed E-state index contributed by atoms with van der Waals surface area (Å²) < 4.78 is 0. The van der Waals surface area contributed by atoms with E-state index in [-0.39, 0.29) is 11.9 Å². The Hall–Kier alpha value is -1.34. The standard InChI is InChI=1S/C18H35N5O2/c1-15(2)16(22-12-10-21(3)11-13-22)14-20-18(25)19-7-5-9-23-8-4-6-17(23)24/h15-16H,4-14H2,1-3H3,(H2,19,20,25). The first-order valence-corrected chi connectivity index (χ1v) is 9.69. The van der Waals surface area contributed by atoms with Crippen molar-refractivity contribution in [3.05, 3.63) is 0 Å². The van der Waals surface area contributed by atoms with Crippen molar-refractivity contribution in [1.82, 2.24) is 25.3 Å². The van der Waals surface area contributed by atoms with Crippen LogP contribution in [0.5, 0.6) is 0 Å². The Morgan fingerprint density at radius 1 is 1.12 bits per heavy atom. The normalized spacial score (nSPS) is 21.0. The molecule has 1 atom stereocenters. The van der Waals surface area contributed by atoms with Crippen LogP contribution in [0, 0.1) is 5.92 Å². The molecular formula is C18H35N5O2. The molecule has 0 bridgehead atoms. The molecule has 0 aromatic carbocycles. The maximum absolute atomic E-state index is 12.0. The maximum Gasteiger partial charge on any atom is 0.314 e. The summed E-state index contributed by atoms with van der Waals surface area (Å²) in [6.07, 6.45) is 2.46. The molecule has 2 rings (SSSR count). The van der Waals surface area contributed by atoms with Gasteiger partial charge in [0.15, 0.2) is 0 Å². The minimum absolute atomic E-state index is 0.104. The van der Waals surface area contributed by atoms with E-state index >= 15 is 0 Å². The molecule has 2 aliphatic rings. The Labute approximate surface area is 152 Å². The second-order valence-electron chi connectivity index (χ2n) is 7.63. The molecule has 0 saturated carbocycles. The summed E-state index contributed by atoms with van der Waals surface area (Å²) in [5, 5.41) is 5.93. The van der Waals surface area contributed by atoms with Crippen LogP contribution in [-0.2, 0) is 4.79 Å². The molecule has 3 amide bonds. The van der Waals surface area contributed by atoms with Gasteiger partial charge in [-0.2, -0.15) is 0 Å². The molecule has 0 aliphatic carbocycles. The molecule has 7 heteroatoms. The molecule has 2 fully saturated rings. The van der Waals surface area contributed by atoms with E-state index in [0.29, 0.717) is 31.5 Å². The zero-order chi connectivity index (χ0) is 18.2. The van der Waals surface area contributed by atoms with Crippen molar-refractivity contribution in [1.29, 1.82) is 0 Å². The minimum atomic E-state index is -0.104. The van der Waals surface area contributed by atoms with Crippen LogP contribution in [0.4, 0.5) is 4.79 Å². The first kappa shape index (κ1) is 20.0. The Morgan fingerprint density at radius 2 is 1.84 bits per heavy atom. The lowest BCUT2D eigenvalue weighted by Crippen LogP contribution is -2.55. The van der Waals surface area contributed by atoms with Gasteiger partial charge in [0.25, 0.3) is 0 Å². The van der Waals surface area contributed by atoms with Gasteiger partial charge in [-0.25, -0.2) is 4.79 Å². The Balaban J connectivity index is 1.62. The largest absolute Gasteiger partial charge is 0.343 e. The number of piperazine rings is 1. The summed E-state index contributed by atoms with van der Waals surface area (Å²) in [4.78, 5) is 30.3. The van der Waals surface area contributed by atoms with Gasteiger partial charge in [-0.1, -0.05) is 13.8 Å². The average Bonchev–Trinajstić information content (AvgIpc) is 2.98. The molecule has 2 aliphatic heterocycles. The quantitative estimate of drug-likeness (QED) is 0.626. The van der Waals surface area contributed by atoms with Gasteiger partial charge in [-0.05, 0) is 25.8 Å². The monoisotopic (exact) mass is 353 g/mol. The van der Waals surface area contributed by atoms with Crippen LogP contribution in [0.3, 0.4) is 0 Å². The van der Waals surface area contributed by atoms with Crippen molar-refractivity contribution in [2.75, 3.05) is 59.4 Å². The Bertz CT molecular complexity index is 435. The molecule has 1 unspecified atom stereocenters. The van der Waals surface area contributed by atoms with E-state index in [2.05, 4.69) is 41.3 Å². The molecule has 0 aromatic rings. The van der Waals surface area contributed by atoms with E-state index in [1.807, 2.05) is 4.90 Å². The molecule has 2 N–H and O–H groups in total. The van der Waals surface area contributed by atoms with Gasteiger partial charge in [0.1, 0.15) is 0 Å². The van der Waals surface area contributed by atoms with Gasteiger partial charge in [0.05, 0.1) is 0 Å². The van der Waals surface area contributed by atoms with Crippen molar-refractivity contribution < 1.29 is 9.59 Å². The van der Waals surface area contributed by atoms with E-state index in [9.17, 15) is 9.59 Å². The summed E-state index contributed by atoms with van der Waals surface area (Å²) in [5.41, 5.74) is 0. The highest BCUT2D eigenvalue weighted by Gasteiger charge is 2.25. The van der Waals surface area contributed by atoms with Gasteiger partial charge in [-0.3, -0.25) is 9.69 Å². The fourth-order valence-corrected chi connectivity index (χ4v) is 3.61. The predicted octanol–water partition coefficient (Wildman–Crippen LogP) is 0.570. The van der Waals surface area contributed by atoms with Crippen molar-refractivity contribution in [2.45, 2.75) is 39.2 Å². The molecular weight excluding hydrogens is 318 g/mol. The summed E-state index contributed by atoms with van der Waals surface area (Å²) >= 11 is 0. The number of rotatable bonds is 8. The van der Waals surface area contributed by atoms with E-state index in [4.69, 9.17) is 0 Å². The van der Waals surface area contributed by atoms with E-state index < -0.39 is 0 Å². The number of nitrogens with zero attached hydrogens (tertiary/aromatic N) is 3. The second-order valence-corrected chi connectivity index (χ2v) is 7.63. The van der Waals surface area contributed by atoms with Crippen LogP contribution in [0.1, 0.15) is 33.1 Å². The number of likely N-dealkylation sites (N-methyl/N-ethyl adjacent to an activating group) is 1. The van der Waals surface area contributed by atoms with Gasteiger partial charge < -0.3 is 20.4 Å². The number of nitrogens with one attached hydrogen (secondary N) is 2. The minimum Gasteiger partial charge on any atom is -0.343 e.